The SMILES string of the molecule is CC1(C2CCCCC2)OC2CC(=O)OCC23C1C(=O)C(O)C1(C2CCCC(Cc4ccccc4)C2)C3CCC2(C)C(c3ccoc3CC3C(O)CCC4CC5C(C=CN6CNCC56)CC43)OC(=O)C3OC321. The first-order valence-electron chi connectivity index (χ1n) is 28.3. The molecule has 1 aromatic carbocycles. The van der Waals surface area contributed by atoms with E-state index < -0.39 is 69.9 Å². The van der Waals surface area contributed by atoms with Gasteiger partial charge in [-0.15, -0.1) is 0 Å². The van der Waals surface area contributed by atoms with Crippen LogP contribution < -0.4 is 5.32 Å². The molecule has 0 radical (unpaired) electrons. The minimum atomic E-state index is -1.43. The van der Waals surface area contributed by atoms with Gasteiger partial charge in [-0.25, -0.2) is 4.79 Å². The number of carbonyl (C=O) groups excluding carboxylic acids is 3. The smallest absolute Gasteiger partial charge is 0.339 e. The third-order valence-corrected chi connectivity index (χ3v) is 23.2. The fourth-order valence-corrected chi connectivity index (χ4v) is 20.5. The molecule has 2 spiro atoms. The predicted octanol–water partition coefficient (Wildman–Crippen LogP) is 8.03. The molecule has 382 valence electrons. The molecule has 1 aromatic heterocycles. The number of nitrogens with one attached hydrogen (secondary N) is 1. The van der Waals surface area contributed by atoms with E-state index in [0.717, 1.165) is 108 Å². The highest BCUT2D eigenvalue weighted by molar-refractivity contribution is 5.92. The van der Waals surface area contributed by atoms with Crippen LogP contribution >= 0.6 is 0 Å². The number of aliphatic hydroxyl groups is 2. The topological polar surface area (TPSA) is 160 Å². The van der Waals surface area contributed by atoms with Gasteiger partial charge in [0.2, 0.25) is 0 Å². The number of rotatable bonds is 7. The van der Waals surface area contributed by atoms with E-state index in [1.807, 2.05) is 6.07 Å². The number of hydrogen-bond acceptors (Lipinski definition) is 12. The molecular formula is C59H76N2O10. The molecule has 12 nitrogen and oxygen atoms in total. The van der Waals surface area contributed by atoms with Gasteiger partial charge in [0.25, 0.3) is 0 Å². The van der Waals surface area contributed by atoms with Crippen molar-refractivity contribution in [3.63, 3.8) is 0 Å². The van der Waals surface area contributed by atoms with Crippen molar-refractivity contribution in [3.05, 3.63) is 71.8 Å². The van der Waals surface area contributed by atoms with Crippen LogP contribution in [0.4, 0.5) is 0 Å². The Morgan fingerprint density at radius 1 is 0.831 bits per heavy atom. The summed E-state index contributed by atoms with van der Waals surface area (Å²) >= 11 is 0. The molecule has 20 atom stereocenters. The van der Waals surface area contributed by atoms with Gasteiger partial charge in [-0.05, 0) is 149 Å². The number of hydrogen-bond donors (Lipinski definition) is 3. The van der Waals surface area contributed by atoms with E-state index in [9.17, 15) is 15.0 Å². The highest BCUT2D eigenvalue weighted by atomic mass is 16.7. The number of carbonyl (C=O) groups is 3. The van der Waals surface area contributed by atoms with Gasteiger partial charge in [0.15, 0.2) is 11.9 Å². The van der Waals surface area contributed by atoms with Crippen LogP contribution in [-0.4, -0.2) is 94.3 Å². The number of aliphatic hydroxyl groups excluding tert-OH is 2. The van der Waals surface area contributed by atoms with E-state index >= 15 is 9.59 Å². The van der Waals surface area contributed by atoms with Gasteiger partial charge in [-0.1, -0.05) is 75.4 Å². The minimum absolute atomic E-state index is 0.00909. The Hall–Kier alpha value is -3.55. The van der Waals surface area contributed by atoms with Crippen LogP contribution in [0, 0.1) is 75.4 Å². The maximum atomic E-state index is 16.3. The molecule has 2 aromatic rings. The van der Waals surface area contributed by atoms with E-state index in [-0.39, 0.29) is 48.5 Å². The van der Waals surface area contributed by atoms with Crippen molar-refractivity contribution in [2.75, 3.05) is 19.8 Å². The Morgan fingerprint density at radius 3 is 2.51 bits per heavy atom. The van der Waals surface area contributed by atoms with E-state index in [0.29, 0.717) is 54.9 Å². The zero-order valence-corrected chi connectivity index (χ0v) is 41.9. The lowest BCUT2D eigenvalue weighted by molar-refractivity contribution is -0.277. The lowest BCUT2D eigenvalue weighted by Gasteiger charge is -2.70. The number of epoxide rings is 1. The number of Topliss-reactive ketones (excluding diaryl/α,β-unsaturated/α-hetero) is 1. The second-order valence-electron chi connectivity index (χ2n) is 25.8. The maximum absolute atomic E-state index is 16.3. The number of allylic oxidation sites excluding steroid dienone is 1. The Bertz CT molecular complexity index is 2470. The first kappa shape index (κ1) is 46.0. The summed E-state index contributed by atoms with van der Waals surface area (Å²) in [6.07, 6.45) is 17.7. The van der Waals surface area contributed by atoms with Gasteiger partial charge in [0, 0.05) is 40.8 Å². The molecule has 11 fully saturated rings. The minimum Gasteiger partial charge on any atom is -0.469 e. The maximum Gasteiger partial charge on any atom is 0.339 e. The Balaban J connectivity index is 0.868. The molecule has 12 heteroatoms. The standard InChI is InChI=1S/C59H76N2O10/c1-55-21-18-46-57-31-68-48(63)29-47(57)70-56(2,37-13-7-4-8-14-37)50(57)49(64)51(65)58(46,38-15-9-12-34(25-38)24-33-10-5-3-6-11-33)59(55)53(71-59)54(66)69-52(55)39-20-23-67-45(39)28-42-40-26-36-19-22-61-32-60-30-43(61)41(36)27-35(40)16-17-44(42)62/h3,5-6,10-11,19-20,22-23,34-38,40-44,46-47,50-53,60,62,65H,4,7-9,12-18,21,24-32H2,1-2H3. The quantitative estimate of drug-likeness (QED) is 0.181. The molecule has 14 rings (SSSR count). The van der Waals surface area contributed by atoms with Gasteiger partial charge in [0.05, 0.1) is 43.1 Å². The van der Waals surface area contributed by atoms with E-state index in [1.165, 1.54) is 12.0 Å². The highest BCUT2D eigenvalue weighted by Crippen LogP contribution is 2.83. The van der Waals surface area contributed by atoms with Crippen molar-refractivity contribution in [1.82, 2.24) is 10.2 Å². The second kappa shape index (κ2) is 16.5. The van der Waals surface area contributed by atoms with Crippen LogP contribution in [0.2, 0.25) is 0 Å². The second-order valence-corrected chi connectivity index (χ2v) is 25.8. The zero-order chi connectivity index (χ0) is 48.2. The molecule has 3 N–H and O–H groups in total. The Morgan fingerprint density at radius 2 is 1.66 bits per heavy atom. The summed E-state index contributed by atoms with van der Waals surface area (Å²) in [5.41, 5.74) is -3.03. The summed E-state index contributed by atoms with van der Waals surface area (Å²) in [6.45, 7) is 6.33. The number of esters is 2. The normalized spacial score (nSPS) is 49.7. The highest BCUT2D eigenvalue weighted by Gasteiger charge is 2.93. The van der Waals surface area contributed by atoms with E-state index in [4.69, 9.17) is 23.4 Å². The summed E-state index contributed by atoms with van der Waals surface area (Å²) in [6, 6.07) is 13.1. The molecule has 0 bridgehead atoms. The molecule has 7 heterocycles. The Kier molecular flexibility index (Phi) is 10.7. The molecule has 5 saturated heterocycles. The molecule has 20 unspecified atom stereocenters. The molecular weight excluding hydrogens is 897 g/mol. The average molecular weight is 973 g/mol. The van der Waals surface area contributed by atoms with Crippen molar-refractivity contribution >= 4 is 17.7 Å². The zero-order valence-electron chi connectivity index (χ0n) is 41.9. The van der Waals surface area contributed by atoms with Crippen molar-refractivity contribution < 1.29 is 48.0 Å². The molecule has 71 heavy (non-hydrogen) atoms. The number of ketones is 1. The third-order valence-electron chi connectivity index (χ3n) is 23.2. The van der Waals surface area contributed by atoms with Crippen molar-refractivity contribution in [2.45, 2.75) is 177 Å². The van der Waals surface area contributed by atoms with Gasteiger partial charge < -0.3 is 38.5 Å². The molecule has 0 amide bonds. The summed E-state index contributed by atoms with van der Waals surface area (Å²) in [5.74, 6) is 0.945. The summed E-state index contributed by atoms with van der Waals surface area (Å²) in [5, 5.41) is 29.4. The lowest BCUT2D eigenvalue weighted by Crippen LogP contribution is -2.79. The molecule has 6 aliphatic heterocycles. The number of nitrogens with zero attached hydrogens (tertiary/aromatic N) is 1. The number of benzene rings is 1. The number of cyclic esters (lactones) is 2. The van der Waals surface area contributed by atoms with Crippen LogP contribution in [-0.2, 0) is 46.2 Å². The summed E-state index contributed by atoms with van der Waals surface area (Å²) < 4.78 is 34.2. The number of ether oxygens (including phenoxy) is 4. The summed E-state index contributed by atoms with van der Waals surface area (Å²) in [4.78, 5) is 47.4. The van der Waals surface area contributed by atoms with Gasteiger partial charge in [0.1, 0.15) is 30.2 Å². The summed E-state index contributed by atoms with van der Waals surface area (Å²) in [7, 11) is 0. The fourth-order valence-electron chi connectivity index (χ4n) is 20.5. The van der Waals surface area contributed by atoms with Crippen LogP contribution in [0.3, 0.4) is 0 Å². The average Bonchev–Trinajstić information content (AvgIpc) is 3.64. The fraction of sp³-hybridized carbons (Fsp3) is 0.746. The number of furan rings is 1. The third kappa shape index (κ3) is 6.23. The monoisotopic (exact) mass is 973 g/mol. The first-order chi connectivity index (χ1) is 34.4. The van der Waals surface area contributed by atoms with Crippen molar-refractivity contribution in [1.29, 1.82) is 0 Å². The lowest BCUT2D eigenvalue weighted by atomic mass is 9.32. The van der Waals surface area contributed by atoms with Gasteiger partial charge >= 0.3 is 11.9 Å². The predicted molar refractivity (Wildman–Crippen MR) is 260 cm³/mol. The van der Waals surface area contributed by atoms with E-state index in [2.05, 4.69) is 66.7 Å². The first-order valence-corrected chi connectivity index (χ1v) is 28.3. The van der Waals surface area contributed by atoms with Crippen LogP contribution in [0.25, 0.3) is 0 Å². The van der Waals surface area contributed by atoms with Crippen LogP contribution in [0.5, 0.6) is 0 Å². The van der Waals surface area contributed by atoms with Crippen molar-refractivity contribution in [2.24, 2.45) is 75.4 Å². The molecule has 6 saturated carbocycles. The van der Waals surface area contributed by atoms with E-state index in [1.54, 1.807) is 6.26 Å². The van der Waals surface area contributed by atoms with Crippen molar-refractivity contribution in [3.8, 4) is 0 Å². The molecule has 12 aliphatic rings. The Labute approximate surface area is 418 Å². The van der Waals surface area contributed by atoms with Gasteiger partial charge in [-0.2, -0.15) is 0 Å². The van der Waals surface area contributed by atoms with Crippen LogP contribution in [0.15, 0.2) is 59.4 Å². The number of fused-ring (bicyclic) bond motifs is 5. The molecule has 6 aliphatic carbocycles. The van der Waals surface area contributed by atoms with Crippen LogP contribution in [0.1, 0.15) is 140 Å². The largest absolute Gasteiger partial charge is 0.469 e. The van der Waals surface area contributed by atoms with Gasteiger partial charge in [-0.3, -0.25) is 14.9 Å².